The van der Waals surface area contributed by atoms with Gasteiger partial charge in [0, 0.05) is 25.2 Å². The minimum Gasteiger partial charge on any atom is -0.320 e. The zero-order valence-corrected chi connectivity index (χ0v) is 10.2. The number of halogens is 2. The summed E-state index contributed by atoms with van der Waals surface area (Å²) >= 11 is 5.64. The molecule has 1 aromatic carbocycles. The highest BCUT2D eigenvalue weighted by Crippen LogP contribution is 2.18. The van der Waals surface area contributed by atoms with Crippen LogP contribution in [0.2, 0.25) is 5.02 Å². The predicted molar refractivity (Wildman–Crippen MR) is 64.7 cm³/mol. The fraction of sp³-hybridized carbons (Fsp3) is 0.333. The summed E-state index contributed by atoms with van der Waals surface area (Å²) in [7, 11) is 0. The molecule has 0 radical (unpaired) electrons. The first-order valence-electron chi connectivity index (χ1n) is 5.50. The second-order valence-corrected chi connectivity index (χ2v) is 4.38. The number of nitriles is 1. The van der Waals surface area contributed by atoms with Crippen molar-refractivity contribution < 1.29 is 9.18 Å². The highest BCUT2D eigenvalue weighted by Gasteiger charge is 2.27. The lowest BCUT2D eigenvalue weighted by molar-refractivity contribution is 0.0687. The number of rotatable bonds is 1. The maximum atomic E-state index is 13.0. The van der Waals surface area contributed by atoms with Crippen LogP contribution in [0, 0.1) is 17.1 Å². The van der Waals surface area contributed by atoms with E-state index in [9.17, 15) is 9.18 Å². The molecule has 0 aromatic heterocycles. The second kappa shape index (κ2) is 5.34. The third-order valence-electron chi connectivity index (χ3n) is 2.82. The molecule has 2 rings (SSSR count). The number of nitrogens with zero attached hydrogens (tertiary/aromatic N) is 2. The molecule has 1 aliphatic heterocycles. The van der Waals surface area contributed by atoms with Crippen LogP contribution in [-0.4, -0.2) is 36.5 Å². The first kappa shape index (κ1) is 12.8. The number of carbonyl (C=O) groups is 1. The van der Waals surface area contributed by atoms with E-state index in [1.165, 1.54) is 17.0 Å². The molecule has 1 aromatic rings. The molecule has 0 spiro atoms. The molecule has 6 heteroatoms. The molecule has 0 saturated carbocycles. The standard InChI is InChI=1S/C12H11ClFN3O/c13-10-5-8(1-2-11(10)14)12(18)17-4-3-16-7-9(17)6-15/h1-2,5,9,16H,3-4,7H2. The summed E-state index contributed by atoms with van der Waals surface area (Å²) in [4.78, 5) is 13.7. The Morgan fingerprint density at radius 3 is 3.06 bits per heavy atom. The molecule has 0 bridgehead atoms. The third kappa shape index (κ3) is 2.45. The van der Waals surface area contributed by atoms with Crippen LogP contribution in [0.1, 0.15) is 10.4 Å². The highest BCUT2D eigenvalue weighted by molar-refractivity contribution is 6.31. The van der Waals surface area contributed by atoms with Crippen molar-refractivity contribution >= 4 is 17.5 Å². The van der Waals surface area contributed by atoms with Crippen LogP contribution < -0.4 is 5.32 Å². The highest BCUT2D eigenvalue weighted by atomic mass is 35.5. The molecule has 1 heterocycles. The minimum absolute atomic E-state index is 0.0931. The summed E-state index contributed by atoms with van der Waals surface area (Å²) in [5.74, 6) is -0.865. The Hall–Kier alpha value is -1.64. The Labute approximate surface area is 109 Å². The zero-order chi connectivity index (χ0) is 13.1. The summed E-state index contributed by atoms with van der Waals surface area (Å²) in [5, 5.41) is 11.9. The number of nitrogens with one attached hydrogen (secondary N) is 1. The van der Waals surface area contributed by atoms with Crippen LogP contribution in [0.5, 0.6) is 0 Å². The molecule has 1 fully saturated rings. The van der Waals surface area contributed by atoms with Gasteiger partial charge in [0.15, 0.2) is 0 Å². The topological polar surface area (TPSA) is 56.1 Å². The van der Waals surface area contributed by atoms with Gasteiger partial charge in [-0.1, -0.05) is 11.6 Å². The lowest BCUT2D eigenvalue weighted by Gasteiger charge is -2.32. The number of piperazine rings is 1. The normalized spacial score (nSPS) is 19.4. The van der Waals surface area contributed by atoms with E-state index in [2.05, 4.69) is 11.4 Å². The number of benzene rings is 1. The predicted octanol–water partition coefficient (Wildman–Crippen LogP) is 1.42. The number of amides is 1. The number of carbonyl (C=O) groups excluding carboxylic acids is 1. The largest absolute Gasteiger partial charge is 0.320 e. The van der Waals surface area contributed by atoms with E-state index in [1.807, 2.05) is 0 Å². The van der Waals surface area contributed by atoms with Crippen LogP contribution in [0.3, 0.4) is 0 Å². The van der Waals surface area contributed by atoms with Crippen LogP contribution in [0.15, 0.2) is 18.2 Å². The summed E-state index contributed by atoms with van der Waals surface area (Å²) in [6, 6.07) is 5.38. The Bertz CT molecular complexity index is 515. The average Bonchev–Trinajstić information content (AvgIpc) is 2.41. The number of hydrogen-bond donors (Lipinski definition) is 1. The first-order chi connectivity index (χ1) is 8.63. The Balaban J connectivity index is 2.24. The van der Waals surface area contributed by atoms with Gasteiger partial charge in [-0.15, -0.1) is 0 Å². The zero-order valence-electron chi connectivity index (χ0n) is 9.49. The fourth-order valence-corrected chi connectivity index (χ4v) is 2.04. The maximum Gasteiger partial charge on any atom is 0.255 e. The van der Waals surface area contributed by atoms with Gasteiger partial charge in [0.2, 0.25) is 0 Å². The van der Waals surface area contributed by atoms with Gasteiger partial charge in [-0.05, 0) is 18.2 Å². The van der Waals surface area contributed by atoms with Gasteiger partial charge in [-0.3, -0.25) is 4.79 Å². The Morgan fingerprint density at radius 1 is 1.61 bits per heavy atom. The van der Waals surface area contributed by atoms with Crippen molar-refractivity contribution in [2.24, 2.45) is 0 Å². The fourth-order valence-electron chi connectivity index (χ4n) is 1.86. The van der Waals surface area contributed by atoms with E-state index in [4.69, 9.17) is 16.9 Å². The molecule has 1 atom stereocenters. The maximum absolute atomic E-state index is 13.0. The van der Waals surface area contributed by atoms with E-state index in [1.54, 1.807) is 0 Å². The second-order valence-electron chi connectivity index (χ2n) is 3.98. The van der Waals surface area contributed by atoms with Crippen molar-refractivity contribution in [2.75, 3.05) is 19.6 Å². The summed E-state index contributed by atoms with van der Waals surface area (Å²) < 4.78 is 13.0. The van der Waals surface area contributed by atoms with Crippen LogP contribution in [0.4, 0.5) is 4.39 Å². The average molecular weight is 268 g/mol. The molecule has 1 N–H and O–H groups in total. The van der Waals surface area contributed by atoms with Gasteiger partial charge in [0.25, 0.3) is 5.91 Å². The lowest BCUT2D eigenvalue weighted by atomic mass is 10.1. The van der Waals surface area contributed by atoms with Gasteiger partial charge >= 0.3 is 0 Å². The molecule has 4 nitrogen and oxygen atoms in total. The molecule has 18 heavy (non-hydrogen) atoms. The van der Waals surface area contributed by atoms with Crippen molar-refractivity contribution in [1.82, 2.24) is 10.2 Å². The van der Waals surface area contributed by atoms with Crippen molar-refractivity contribution in [3.8, 4) is 6.07 Å². The molecule has 0 aliphatic carbocycles. The first-order valence-corrected chi connectivity index (χ1v) is 5.87. The van der Waals surface area contributed by atoms with E-state index >= 15 is 0 Å². The third-order valence-corrected chi connectivity index (χ3v) is 3.11. The molecule has 1 aliphatic rings. The van der Waals surface area contributed by atoms with Gasteiger partial charge in [-0.25, -0.2) is 4.39 Å². The molecule has 94 valence electrons. The van der Waals surface area contributed by atoms with Gasteiger partial charge in [0.05, 0.1) is 11.1 Å². The minimum atomic E-state index is -0.564. The van der Waals surface area contributed by atoms with E-state index in [0.717, 1.165) is 6.07 Å². The van der Waals surface area contributed by atoms with Crippen LogP contribution in [-0.2, 0) is 0 Å². The van der Waals surface area contributed by atoms with E-state index in [0.29, 0.717) is 25.2 Å². The van der Waals surface area contributed by atoms with Gasteiger partial charge in [-0.2, -0.15) is 5.26 Å². The summed E-state index contributed by atoms with van der Waals surface area (Å²) in [5.41, 5.74) is 0.295. The monoisotopic (exact) mass is 267 g/mol. The smallest absolute Gasteiger partial charge is 0.255 e. The molecular formula is C12H11ClFN3O. The SMILES string of the molecule is N#CC1CNCCN1C(=O)c1ccc(F)c(Cl)c1. The summed E-state index contributed by atoms with van der Waals surface area (Å²) in [6.07, 6.45) is 0. The molecular weight excluding hydrogens is 257 g/mol. The molecule has 1 unspecified atom stereocenters. The lowest BCUT2D eigenvalue weighted by Crippen LogP contribution is -2.53. The van der Waals surface area contributed by atoms with E-state index in [-0.39, 0.29) is 10.9 Å². The Morgan fingerprint density at radius 2 is 2.39 bits per heavy atom. The quantitative estimate of drug-likeness (QED) is 0.837. The van der Waals surface area contributed by atoms with Gasteiger partial charge < -0.3 is 10.2 Å². The molecule has 1 amide bonds. The van der Waals surface area contributed by atoms with Crippen LogP contribution in [0.25, 0.3) is 0 Å². The van der Waals surface area contributed by atoms with Crippen molar-refractivity contribution in [3.63, 3.8) is 0 Å². The van der Waals surface area contributed by atoms with Crippen molar-refractivity contribution in [1.29, 1.82) is 5.26 Å². The number of hydrogen-bond acceptors (Lipinski definition) is 3. The van der Waals surface area contributed by atoms with Gasteiger partial charge in [0.1, 0.15) is 11.9 Å². The van der Waals surface area contributed by atoms with Crippen LogP contribution >= 0.6 is 11.6 Å². The molecule has 1 saturated heterocycles. The Kier molecular flexibility index (Phi) is 3.80. The van der Waals surface area contributed by atoms with Crippen molar-refractivity contribution in [3.05, 3.63) is 34.6 Å². The van der Waals surface area contributed by atoms with Crippen molar-refractivity contribution in [2.45, 2.75) is 6.04 Å². The van der Waals surface area contributed by atoms with E-state index < -0.39 is 11.9 Å². The summed E-state index contributed by atoms with van der Waals surface area (Å²) in [6.45, 7) is 1.53.